The van der Waals surface area contributed by atoms with Gasteiger partial charge in [-0.2, -0.15) is 0 Å². The summed E-state index contributed by atoms with van der Waals surface area (Å²) < 4.78 is 26.9. The number of halogens is 2. The van der Waals surface area contributed by atoms with Crippen LogP contribution in [0, 0.1) is 11.6 Å². The van der Waals surface area contributed by atoms with E-state index in [1.807, 2.05) is 12.1 Å². The Morgan fingerprint density at radius 2 is 1.50 bits per heavy atom. The van der Waals surface area contributed by atoms with Crippen molar-refractivity contribution in [3.05, 3.63) is 78.3 Å². The highest BCUT2D eigenvalue weighted by Gasteiger charge is 2.12. The van der Waals surface area contributed by atoms with Crippen LogP contribution in [0.3, 0.4) is 0 Å². The molecule has 178 valence electrons. The number of aromatic nitrogens is 2. The van der Waals surface area contributed by atoms with E-state index in [0.717, 1.165) is 78.4 Å². The standard InChI is InChI=1S/C27H31F2N5/c1-34(15-3-2-12-32-27-24-9-7-22(29)18-20(24)11-14-33-27)16-4-5-25(30)26-23-8-6-21(28)17-19(23)10-13-31-26/h6-11,13-14,17-18,25H,2-5,12,15-16,30H2,1H3,(H,32,33). The molecule has 0 aliphatic carbocycles. The molecular weight excluding hydrogens is 432 g/mol. The van der Waals surface area contributed by atoms with Crippen LogP contribution >= 0.6 is 0 Å². The molecule has 2 heterocycles. The van der Waals surface area contributed by atoms with Crippen LogP contribution in [0.15, 0.2) is 60.9 Å². The monoisotopic (exact) mass is 463 g/mol. The molecule has 3 N–H and O–H groups in total. The van der Waals surface area contributed by atoms with Crippen molar-refractivity contribution >= 4 is 27.4 Å². The molecule has 1 unspecified atom stereocenters. The molecule has 2 aromatic carbocycles. The molecule has 4 rings (SSSR count). The first-order valence-electron chi connectivity index (χ1n) is 11.8. The fourth-order valence-corrected chi connectivity index (χ4v) is 4.30. The van der Waals surface area contributed by atoms with Gasteiger partial charge in [0.1, 0.15) is 17.5 Å². The Labute approximate surface area is 199 Å². The van der Waals surface area contributed by atoms with Crippen LogP contribution in [-0.4, -0.2) is 41.5 Å². The van der Waals surface area contributed by atoms with Crippen molar-refractivity contribution < 1.29 is 8.78 Å². The lowest BCUT2D eigenvalue weighted by atomic mass is 10.0. The number of hydrogen-bond donors (Lipinski definition) is 2. The topological polar surface area (TPSA) is 67.1 Å². The second kappa shape index (κ2) is 11.3. The van der Waals surface area contributed by atoms with Crippen LogP contribution < -0.4 is 11.1 Å². The number of hydrogen-bond acceptors (Lipinski definition) is 5. The van der Waals surface area contributed by atoms with E-state index >= 15 is 0 Å². The number of nitrogens with one attached hydrogen (secondary N) is 1. The quantitative estimate of drug-likeness (QED) is 0.281. The smallest absolute Gasteiger partial charge is 0.133 e. The van der Waals surface area contributed by atoms with Crippen LogP contribution in [0.2, 0.25) is 0 Å². The van der Waals surface area contributed by atoms with Crippen molar-refractivity contribution in [1.82, 2.24) is 14.9 Å². The predicted octanol–water partition coefficient (Wildman–Crippen LogP) is 5.67. The van der Waals surface area contributed by atoms with Gasteiger partial charge in [-0.1, -0.05) is 0 Å². The summed E-state index contributed by atoms with van der Waals surface area (Å²) in [6.45, 7) is 2.77. The zero-order chi connectivity index (χ0) is 23.9. The maximum absolute atomic E-state index is 13.5. The van der Waals surface area contributed by atoms with E-state index in [1.165, 1.54) is 24.3 Å². The van der Waals surface area contributed by atoms with E-state index in [-0.39, 0.29) is 17.7 Å². The molecule has 5 nitrogen and oxygen atoms in total. The summed E-state index contributed by atoms with van der Waals surface area (Å²) in [5.74, 6) is 0.306. The van der Waals surface area contributed by atoms with Gasteiger partial charge in [0.05, 0.1) is 5.69 Å². The highest BCUT2D eigenvalue weighted by molar-refractivity contribution is 5.91. The normalized spacial score (nSPS) is 12.5. The Morgan fingerprint density at radius 1 is 0.853 bits per heavy atom. The van der Waals surface area contributed by atoms with Crippen molar-refractivity contribution in [3.8, 4) is 0 Å². The first-order chi connectivity index (χ1) is 16.5. The third kappa shape index (κ3) is 6.04. The van der Waals surface area contributed by atoms with Crippen LogP contribution in [0.1, 0.15) is 37.4 Å². The Kier molecular flexibility index (Phi) is 7.98. The zero-order valence-electron chi connectivity index (χ0n) is 19.5. The Hall–Kier alpha value is -3.16. The average Bonchev–Trinajstić information content (AvgIpc) is 2.83. The molecular formula is C27H31F2N5. The summed E-state index contributed by atoms with van der Waals surface area (Å²) in [5, 5.41) is 6.91. The molecule has 0 aliphatic rings. The molecule has 0 bridgehead atoms. The number of fused-ring (bicyclic) bond motifs is 2. The van der Waals surface area contributed by atoms with E-state index < -0.39 is 0 Å². The third-order valence-corrected chi connectivity index (χ3v) is 6.15. The van der Waals surface area contributed by atoms with Gasteiger partial charge in [0.25, 0.3) is 0 Å². The van der Waals surface area contributed by atoms with Crippen molar-refractivity contribution in [2.75, 3.05) is 32.0 Å². The lowest BCUT2D eigenvalue weighted by Crippen LogP contribution is -2.23. The van der Waals surface area contributed by atoms with Crippen LogP contribution in [0.4, 0.5) is 14.6 Å². The number of anilines is 1. The summed E-state index contributed by atoms with van der Waals surface area (Å²) in [6, 6.07) is 13.0. The largest absolute Gasteiger partial charge is 0.370 e. The summed E-state index contributed by atoms with van der Waals surface area (Å²) in [6.07, 6.45) is 7.26. The molecule has 0 radical (unpaired) electrons. The second-order valence-corrected chi connectivity index (χ2v) is 8.77. The Balaban J connectivity index is 1.17. The second-order valence-electron chi connectivity index (χ2n) is 8.77. The Bertz CT molecular complexity index is 1250. The minimum atomic E-state index is -0.251. The van der Waals surface area contributed by atoms with Gasteiger partial charge >= 0.3 is 0 Å². The van der Waals surface area contributed by atoms with Gasteiger partial charge < -0.3 is 16.0 Å². The van der Waals surface area contributed by atoms with Gasteiger partial charge in [0.2, 0.25) is 0 Å². The van der Waals surface area contributed by atoms with Gasteiger partial charge in [0.15, 0.2) is 0 Å². The van der Waals surface area contributed by atoms with Crippen LogP contribution in [0.25, 0.3) is 21.5 Å². The van der Waals surface area contributed by atoms with Gasteiger partial charge in [-0.05, 0) is 105 Å². The van der Waals surface area contributed by atoms with Gasteiger partial charge in [-0.3, -0.25) is 4.98 Å². The molecule has 0 saturated carbocycles. The molecule has 0 fully saturated rings. The van der Waals surface area contributed by atoms with Gasteiger partial charge in [-0.15, -0.1) is 0 Å². The van der Waals surface area contributed by atoms with Crippen LogP contribution in [0.5, 0.6) is 0 Å². The number of unbranched alkanes of at least 4 members (excludes halogenated alkanes) is 1. The first-order valence-corrected chi connectivity index (χ1v) is 11.8. The van der Waals surface area contributed by atoms with E-state index in [2.05, 4.69) is 27.2 Å². The molecule has 0 saturated heterocycles. The number of benzene rings is 2. The molecule has 4 aromatic rings. The summed E-state index contributed by atoms with van der Waals surface area (Å²) in [4.78, 5) is 11.2. The number of nitrogens with zero attached hydrogens (tertiary/aromatic N) is 3. The minimum Gasteiger partial charge on any atom is -0.370 e. The third-order valence-electron chi connectivity index (χ3n) is 6.15. The summed E-state index contributed by atoms with van der Waals surface area (Å²) in [7, 11) is 2.12. The van der Waals surface area contributed by atoms with E-state index in [4.69, 9.17) is 5.73 Å². The molecule has 1 atom stereocenters. The average molecular weight is 464 g/mol. The fraction of sp³-hybridized carbons (Fsp3) is 0.333. The SMILES string of the molecule is CN(CCCCNc1nccc2cc(F)ccc12)CCCC(N)c1nccc2cc(F)ccc12. The van der Waals surface area contributed by atoms with Crippen LogP contribution in [-0.2, 0) is 0 Å². The highest BCUT2D eigenvalue weighted by atomic mass is 19.1. The van der Waals surface area contributed by atoms with Crippen molar-refractivity contribution in [2.45, 2.75) is 31.7 Å². The van der Waals surface area contributed by atoms with E-state index in [1.54, 1.807) is 24.5 Å². The van der Waals surface area contributed by atoms with Gasteiger partial charge in [0, 0.05) is 35.8 Å². The highest BCUT2D eigenvalue weighted by Crippen LogP contribution is 2.24. The van der Waals surface area contributed by atoms with E-state index in [9.17, 15) is 8.78 Å². The molecule has 0 aliphatic heterocycles. The lowest BCUT2D eigenvalue weighted by molar-refractivity contribution is 0.315. The maximum Gasteiger partial charge on any atom is 0.133 e. The maximum atomic E-state index is 13.5. The molecule has 34 heavy (non-hydrogen) atoms. The number of rotatable bonds is 11. The van der Waals surface area contributed by atoms with Gasteiger partial charge in [-0.25, -0.2) is 13.8 Å². The minimum absolute atomic E-state index is 0.173. The number of nitrogens with two attached hydrogens (primary N) is 1. The molecule has 0 spiro atoms. The summed E-state index contributed by atoms with van der Waals surface area (Å²) >= 11 is 0. The Morgan fingerprint density at radius 3 is 2.26 bits per heavy atom. The molecule has 7 heteroatoms. The van der Waals surface area contributed by atoms with E-state index in [0.29, 0.717) is 0 Å². The zero-order valence-corrected chi connectivity index (χ0v) is 19.5. The number of pyridine rings is 2. The fourth-order valence-electron chi connectivity index (χ4n) is 4.30. The van der Waals surface area contributed by atoms with Crippen molar-refractivity contribution in [2.24, 2.45) is 5.73 Å². The summed E-state index contributed by atoms with van der Waals surface area (Å²) in [5.41, 5.74) is 7.25. The van der Waals surface area contributed by atoms with Crippen molar-refractivity contribution in [1.29, 1.82) is 0 Å². The molecule has 0 amide bonds. The van der Waals surface area contributed by atoms with Crippen molar-refractivity contribution in [3.63, 3.8) is 0 Å². The predicted molar refractivity (Wildman–Crippen MR) is 135 cm³/mol. The molecule has 2 aromatic heterocycles. The first kappa shape index (κ1) is 24.0. The lowest BCUT2D eigenvalue weighted by Gasteiger charge is -2.19.